The molecule has 7 N–H and O–H groups in total. The van der Waals surface area contributed by atoms with Crippen LogP contribution in [0.5, 0.6) is 0 Å². The molecule has 0 aliphatic carbocycles. The Morgan fingerprint density at radius 1 is 1.35 bits per heavy atom. The molecule has 0 spiro atoms. The fraction of sp³-hybridized carbons (Fsp3) is 0.312. The molecule has 2 aliphatic heterocycles. The van der Waals surface area contributed by atoms with Crippen LogP contribution in [0.3, 0.4) is 0 Å². The van der Waals surface area contributed by atoms with Gasteiger partial charge in [-0.3, -0.25) is 14.5 Å². The summed E-state index contributed by atoms with van der Waals surface area (Å²) in [7, 11) is 0. The Hall–Kier alpha value is -3.51. The third-order valence-corrected chi connectivity index (χ3v) is 7.24. The summed E-state index contributed by atoms with van der Waals surface area (Å²) >= 11 is 3.09. The molecule has 15 nitrogen and oxygen atoms in total. The van der Waals surface area contributed by atoms with Gasteiger partial charge in [-0.15, -0.1) is 23.1 Å². The molecule has 0 unspecified atom stereocenters. The lowest BCUT2D eigenvalue weighted by Gasteiger charge is -2.49. The molecular formula is C16H16N6O9S3. The number of ether oxygens (including phenoxy) is 1. The standard InChI is InChI=1S/C16H16N6O9S3/c17-15-19-5(2-33-15)8(21-31-1-7(23)24)11(25)20-9-12(26)22-10(14(27)28)6(3-32-13(9)22)34-4-30-16(18)29/h2,9,13H,1,3-4H2,(H2,17,19)(H2,18,29)(H,20,25)(H,23,24)(H,27,28)/b21-8+/t9-,13-/m1/s1. The first-order chi connectivity index (χ1) is 16.1. The minimum Gasteiger partial charge on any atom is -0.479 e. The van der Waals surface area contributed by atoms with E-state index in [-0.39, 0.29) is 33.1 Å². The number of β-lactam (4-membered cyclic amide) rings is 1. The van der Waals surface area contributed by atoms with Gasteiger partial charge in [0.05, 0.1) is 0 Å². The molecule has 0 saturated carbocycles. The highest BCUT2D eigenvalue weighted by Gasteiger charge is 2.54. The normalized spacial score (nSPS) is 19.7. The number of aromatic nitrogens is 1. The Morgan fingerprint density at radius 2 is 2.09 bits per heavy atom. The van der Waals surface area contributed by atoms with Crippen LogP contribution >= 0.6 is 34.9 Å². The number of carbonyl (C=O) groups excluding carboxylic acids is 3. The van der Waals surface area contributed by atoms with E-state index in [2.05, 4.69) is 25.0 Å². The van der Waals surface area contributed by atoms with E-state index in [1.54, 1.807) is 0 Å². The second-order valence-electron chi connectivity index (χ2n) is 6.34. The van der Waals surface area contributed by atoms with E-state index in [1.807, 2.05) is 0 Å². The highest BCUT2D eigenvalue weighted by atomic mass is 32.2. The van der Waals surface area contributed by atoms with Crippen molar-refractivity contribution in [1.82, 2.24) is 15.2 Å². The number of thiazole rings is 1. The number of anilines is 1. The van der Waals surface area contributed by atoms with Gasteiger partial charge in [-0.1, -0.05) is 16.9 Å². The first-order valence-corrected chi connectivity index (χ1v) is 11.9. The van der Waals surface area contributed by atoms with E-state index in [9.17, 15) is 29.1 Å². The molecule has 0 aromatic carbocycles. The van der Waals surface area contributed by atoms with Gasteiger partial charge in [0.25, 0.3) is 11.8 Å². The van der Waals surface area contributed by atoms with Crippen molar-refractivity contribution >= 4 is 75.6 Å². The smallest absolute Gasteiger partial charge is 0.405 e. The molecule has 18 heteroatoms. The molecule has 2 aliphatic rings. The van der Waals surface area contributed by atoms with Crippen molar-refractivity contribution in [2.24, 2.45) is 10.9 Å². The molecule has 1 fully saturated rings. The second-order valence-corrected chi connectivity index (χ2v) is 9.35. The maximum absolute atomic E-state index is 12.8. The number of nitrogen functional groups attached to an aromatic ring is 1. The van der Waals surface area contributed by atoms with Crippen LogP contribution in [0.25, 0.3) is 0 Å². The van der Waals surface area contributed by atoms with Crippen molar-refractivity contribution in [2.75, 3.05) is 24.0 Å². The lowest BCUT2D eigenvalue weighted by molar-refractivity contribution is -0.150. The summed E-state index contributed by atoms with van der Waals surface area (Å²) in [5.74, 6) is -4.35. The van der Waals surface area contributed by atoms with Crippen LogP contribution in [0.15, 0.2) is 21.1 Å². The molecule has 1 aromatic rings. The third kappa shape index (κ3) is 5.51. The Kier molecular flexibility index (Phi) is 7.84. The number of oxime groups is 1. The zero-order chi connectivity index (χ0) is 25.0. The molecular weight excluding hydrogens is 516 g/mol. The number of fused-ring (bicyclic) bond motifs is 1. The molecule has 0 bridgehead atoms. The maximum atomic E-state index is 12.8. The van der Waals surface area contributed by atoms with Crippen molar-refractivity contribution in [2.45, 2.75) is 11.4 Å². The average Bonchev–Trinajstić information content (AvgIpc) is 3.19. The fourth-order valence-corrected chi connectivity index (χ4v) is 5.74. The monoisotopic (exact) mass is 532 g/mol. The molecule has 1 aromatic heterocycles. The van der Waals surface area contributed by atoms with Gasteiger partial charge in [0, 0.05) is 16.0 Å². The number of hydrogen-bond donors (Lipinski definition) is 5. The summed E-state index contributed by atoms with van der Waals surface area (Å²) in [5, 5.41) is 25.1. The number of rotatable bonds is 10. The van der Waals surface area contributed by atoms with Crippen molar-refractivity contribution in [3.63, 3.8) is 0 Å². The molecule has 3 amide bonds. The number of thioether (sulfide) groups is 2. The van der Waals surface area contributed by atoms with E-state index in [1.165, 1.54) is 17.1 Å². The molecule has 34 heavy (non-hydrogen) atoms. The number of amides is 3. The number of carbonyl (C=O) groups is 5. The number of nitrogens with one attached hydrogen (secondary N) is 1. The Morgan fingerprint density at radius 3 is 2.68 bits per heavy atom. The minimum atomic E-state index is -1.37. The number of carboxylic acids is 2. The summed E-state index contributed by atoms with van der Waals surface area (Å²) in [4.78, 5) is 68.6. The number of nitrogens with zero attached hydrogens (tertiary/aromatic N) is 3. The van der Waals surface area contributed by atoms with Crippen LogP contribution in [-0.2, 0) is 28.8 Å². The van der Waals surface area contributed by atoms with Gasteiger partial charge in [0.1, 0.15) is 28.7 Å². The Balaban J connectivity index is 1.75. The minimum absolute atomic E-state index is 0.00423. The van der Waals surface area contributed by atoms with Gasteiger partial charge in [-0.2, -0.15) is 0 Å². The van der Waals surface area contributed by atoms with Gasteiger partial charge in [-0.25, -0.2) is 19.4 Å². The summed E-state index contributed by atoms with van der Waals surface area (Å²) in [5.41, 5.74) is 9.77. The lowest BCUT2D eigenvalue weighted by Crippen LogP contribution is -2.71. The first-order valence-electron chi connectivity index (χ1n) is 9.00. The number of carboxylic acid groups (broad SMARTS) is 2. The zero-order valence-corrected chi connectivity index (χ0v) is 19.3. The largest absolute Gasteiger partial charge is 0.479 e. The van der Waals surface area contributed by atoms with E-state index in [0.29, 0.717) is 0 Å². The number of primary amides is 1. The van der Waals surface area contributed by atoms with E-state index >= 15 is 0 Å². The summed E-state index contributed by atoms with van der Waals surface area (Å²) in [6.07, 6.45) is -1.03. The molecule has 0 radical (unpaired) electrons. The zero-order valence-electron chi connectivity index (χ0n) is 16.8. The van der Waals surface area contributed by atoms with Crippen LogP contribution in [-0.4, -0.2) is 85.4 Å². The van der Waals surface area contributed by atoms with Crippen LogP contribution in [0.4, 0.5) is 9.93 Å². The Labute approximate surface area is 202 Å². The van der Waals surface area contributed by atoms with E-state index < -0.39 is 53.6 Å². The van der Waals surface area contributed by atoms with Gasteiger partial charge in [0.15, 0.2) is 10.8 Å². The summed E-state index contributed by atoms with van der Waals surface area (Å²) < 4.78 is 4.60. The third-order valence-electron chi connectivity index (χ3n) is 4.18. The lowest BCUT2D eigenvalue weighted by atomic mass is 10.0. The molecule has 3 heterocycles. The first kappa shape index (κ1) is 25.1. The van der Waals surface area contributed by atoms with Gasteiger partial charge in [-0.05, 0) is 0 Å². The number of aliphatic carboxylic acids is 2. The predicted molar refractivity (Wildman–Crippen MR) is 119 cm³/mol. The highest BCUT2D eigenvalue weighted by Crippen LogP contribution is 2.43. The van der Waals surface area contributed by atoms with E-state index in [4.69, 9.17) is 16.6 Å². The quantitative estimate of drug-likeness (QED) is 0.105. The molecule has 1 saturated heterocycles. The molecule has 182 valence electrons. The van der Waals surface area contributed by atoms with Crippen molar-refractivity contribution < 1.29 is 43.8 Å². The maximum Gasteiger partial charge on any atom is 0.405 e. The second kappa shape index (κ2) is 10.6. The summed E-state index contributed by atoms with van der Waals surface area (Å²) in [6.45, 7) is -0.822. The topological polar surface area (TPSA) is 237 Å². The van der Waals surface area contributed by atoms with Gasteiger partial charge in [0.2, 0.25) is 6.61 Å². The van der Waals surface area contributed by atoms with Crippen molar-refractivity contribution in [3.8, 4) is 0 Å². The average molecular weight is 533 g/mol. The predicted octanol–water partition coefficient (Wildman–Crippen LogP) is -0.987. The number of hydrogen-bond acceptors (Lipinski definition) is 13. The van der Waals surface area contributed by atoms with Crippen LogP contribution in [0.2, 0.25) is 0 Å². The summed E-state index contributed by atoms with van der Waals surface area (Å²) in [6, 6.07) is -1.10. The van der Waals surface area contributed by atoms with E-state index in [0.717, 1.165) is 28.0 Å². The number of nitrogens with two attached hydrogens (primary N) is 2. The van der Waals surface area contributed by atoms with Crippen molar-refractivity contribution in [1.29, 1.82) is 0 Å². The molecule has 3 rings (SSSR count). The van der Waals surface area contributed by atoms with Gasteiger partial charge >= 0.3 is 18.0 Å². The van der Waals surface area contributed by atoms with Gasteiger partial charge < -0.3 is 36.6 Å². The highest BCUT2D eigenvalue weighted by molar-refractivity contribution is 8.06. The molecule has 2 atom stereocenters. The van der Waals surface area contributed by atoms with Crippen molar-refractivity contribution in [3.05, 3.63) is 21.7 Å². The fourth-order valence-electron chi connectivity index (χ4n) is 2.82. The van der Waals surface area contributed by atoms with Crippen LogP contribution in [0.1, 0.15) is 5.69 Å². The Bertz CT molecular complexity index is 1100. The van der Waals surface area contributed by atoms with Crippen LogP contribution < -0.4 is 16.8 Å². The van der Waals surface area contributed by atoms with Crippen LogP contribution in [0, 0.1) is 0 Å². The SMILES string of the molecule is NC(=O)OCSC1=C(C(=O)O)N2C(=O)[C@@H](NC(=O)/C(=N/OCC(=O)O)c3csc(N)n3)[C@H]2SC1.